The van der Waals surface area contributed by atoms with Gasteiger partial charge in [-0.05, 0) is 32.5 Å². The van der Waals surface area contributed by atoms with E-state index < -0.39 is 6.43 Å². The third kappa shape index (κ3) is 2.98. The lowest BCUT2D eigenvalue weighted by molar-refractivity contribution is 0.151. The number of nitrogens with zero attached hydrogens (tertiary/aromatic N) is 1. The van der Waals surface area contributed by atoms with E-state index in [-0.39, 0.29) is 11.6 Å². The van der Waals surface area contributed by atoms with Crippen molar-refractivity contribution in [2.24, 2.45) is 0 Å². The summed E-state index contributed by atoms with van der Waals surface area (Å²) < 4.78 is 25.5. The minimum absolute atomic E-state index is 0.0442. The van der Waals surface area contributed by atoms with E-state index in [2.05, 4.69) is 10.3 Å². The fraction of sp³-hybridized carbons (Fsp3) is 0.357. The van der Waals surface area contributed by atoms with Crippen LogP contribution in [0, 0.1) is 13.8 Å². The molecule has 0 saturated carbocycles. The minimum Gasteiger partial charge on any atom is -0.307 e. The van der Waals surface area contributed by atoms with Crippen LogP contribution >= 0.6 is 11.3 Å². The lowest BCUT2D eigenvalue weighted by atomic mass is 10.0. The number of halogens is 2. The molecule has 0 fully saturated rings. The SMILES string of the molecule is CNC(c1cccc(C(F)F)c1)c1nc(C)c(C)s1. The maximum Gasteiger partial charge on any atom is 0.263 e. The molecule has 1 aromatic heterocycles. The lowest BCUT2D eigenvalue weighted by Crippen LogP contribution is -2.17. The number of aromatic nitrogens is 1. The molecule has 0 bridgehead atoms. The van der Waals surface area contributed by atoms with Gasteiger partial charge in [0.1, 0.15) is 5.01 Å². The average Bonchev–Trinajstić information content (AvgIpc) is 2.70. The number of hydrogen-bond donors (Lipinski definition) is 1. The summed E-state index contributed by atoms with van der Waals surface area (Å²) in [5.41, 5.74) is 1.85. The van der Waals surface area contributed by atoms with Gasteiger partial charge in [-0.2, -0.15) is 0 Å². The highest BCUT2D eigenvalue weighted by atomic mass is 32.1. The maximum absolute atomic E-state index is 12.8. The van der Waals surface area contributed by atoms with Crippen molar-refractivity contribution in [1.82, 2.24) is 10.3 Å². The molecule has 1 unspecified atom stereocenters. The normalized spacial score (nSPS) is 12.9. The second kappa shape index (κ2) is 5.75. The van der Waals surface area contributed by atoms with Crippen molar-refractivity contribution in [2.75, 3.05) is 7.05 Å². The first-order valence-electron chi connectivity index (χ1n) is 6.02. The van der Waals surface area contributed by atoms with Crippen molar-refractivity contribution in [3.63, 3.8) is 0 Å². The highest BCUT2D eigenvalue weighted by Crippen LogP contribution is 2.29. The molecule has 1 N–H and O–H groups in total. The van der Waals surface area contributed by atoms with E-state index in [0.29, 0.717) is 0 Å². The standard InChI is InChI=1S/C14H16F2N2S/c1-8-9(2)19-14(18-8)12(17-3)10-5-4-6-11(7-10)13(15)16/h4-7,12-13,17H,1-3H3. The van der Waals surface area contributed by atoms with Crippen molar-refractivity contribution < 1.29 is 8.78 Å². The topological polar surface area (TPSA) is 24.9 Å². The van der Waals surface area contributed by atoms with Gasteiger partial charge in [0.2, 0.25) is 0 Å². The van der Waals surface area contributed by atoms with E-state index in [4.69, 9.17) is 0 Å². The second-order valence-corrected chi connectivity index (χ2v) is 5.62. The van der Waals surface area contributed by atoms with E-state index >= 15 is 0 Å². The van der Waals surface area contributed by atoms with Crippen molar-refractivity contribution in [1.29, 1.82) is 0 Å². The summed E-state index contributed by atoms with van der Waals surface area (Å²) in [6, 6.07) is 6.35. The fourth-order valence-electron chi connectivity index (χ4n) is 1.93. The van der Waals surface area contributed by atoms with Gasteiger partial charge in [0.15, 0.2) is 0 Å². The third-order valence-electron chi connectivity index (χ3n) is 3.08. The number of benzene rings is 1. The van der Waals surface area contributed by atoms with Crippen LogP contribution in [0.4, 0.5) is 8.78 Å². The maximum atomic E-state index is 12.8. The van der Waals surface area contributed by atoms with Crippen LogP contribution in [0.25, 0.3) is 0 Å². The Morgan fingerprint density at radius 1 is 1.21 bits per heavy atom. The van der Waals surface area contributed by atoms with Crippen molar-refractivity contribution >= 4 is 11.3 Å². The van der Waals surface area contributed by atoms with Crippen LogP contribution in [0.3, 0.4) is 0 Å². The number of thiazole rings is 1. The van der Waals surface area contributed by atoms with Crippen molar-refractivity contribution in [3.05, 3.63) is 51.0 Å². The van der Waals surface area contributed by atoms with Gasteiger partial charge in [-0.25, -0.2) is 13.8 Å². The Kier molecular flexibility index (Phi) is 4.27. The van der Waals surface area contributed by atoms with E-state index in [1.54, 1.807) is 17.4 Å². The first-order valence-corrected chi connectivity index (χ1v) is 6.83. The molecule has 5 heteroatoms. The van der Waals surface area contributed by atoms with E-state index in [1.165, 1.54) is 12.1 Å². The fourth-order valence-corrected chi connectivity index (χ4v) is 2.99. The zero-order chi connectivity index (χ0) is 14.0. The summed E-state index contributed by atoms with van der Waals surface area (Å²) in [6.07, 6.45) is -2.45. The molecule has 102 valence electrons. The number of aryl methyl sites for hydroxylation is 2. The molecule has 1 heterocycles. The number of rotatable bonds is 4. The molecule has 0 saturated heterocycles. The molecule has 1 aromatic carbocycles. The molecule has 0 aliphatic heterocycles. The Bertz CT molecular complexity index is 547. The Balaban J connectivity index is 2.39. The van der Waals surface area contributed by atoms with Crippen molar-refractivity contribution in [3.8, 4) is 0 Å². The lowest BCUT2D eigenvalue weighted by Gasteiger charge is -2.15. The number of nitrogens with one attached hydrogen (secondary N) is 1. The largest absolute Gasteiger partial charge is 0.307 e. The predicted octanol–water partition coefficient (Wildman–Crippen LogP) is 4.01. The summed E-state index contributed by atoms with van der Waals surface area (Å²) in [7, 11) is 1.81. The summed E-state index contributed by atoms with van der Waals surface area (Å²) in [5, 5.41) is 4.05. The Morgan fingerprint density at radius 3 is 2.42 bits per heavy atom. The average molecular weight is 282 g/mol. The molecule has 19 heavy (non-hydrogen) atoms. The molecule has 2 nitrogen and oxygen atoms in total. The Morgan fingerprint density at radius 2 is 1.89 bits per heavy atom. The first kappa shape index (κ1) is 14.1. The third-order valence-corrected chi connectivity index (χ3v) is 4.21. The number of hydrogen-bond acceptors (Lipinski definition) is 3. The first-order chi connectivity index (χ1) is 9.02. The second-order valence-electron chi connectivity index (χ2n) is 4.39. The van der Waals surface area contributed by atoms with Crippen molar-refractivity contribution in [2.45, 2.75) is 26.3 Å². The zero-order valence-corrected chi connectivity index (χ0v) is 11.9. The zero-order valence-electron chi connectivity index (χ0n) is 11.1. The highest BCUT2D eigenvalue weighted by molar-refractivity contribution is 7.11. The Hall–Kier alpha value is -1.33. The molecule has 0 spiro atoms. The Labute approximate surface area is 115 Å². The molecule has 1 atom stereocenters. The summed E-state index contributed by atoms with van der Waals surface area (Å²) in [4.78, 5) is 5.65. The van der Waals surface area contributed by atoms with Crippen LogP contribution < -0.4 is 5.32 Å². The molecule has 2 aromatic rings. The van der Waals surface area contributed by atoms with Gasteiger partial charge in [0.05, 0.1) is 11.7 Å². The van der Waals surface area contributed by atoms with Gasteiger partial charge in [-0.15, -0.1) is 11.3 Å². The van der Waals surface area contributed by atoms with Crippen LogP contribution in [0.5, 0.6) is 0 Å². The number of alkyl halides is 2. The summed E-state index contributed by atoms with van der Waals surface area (Å²) >= 11 is 1.60. The molecular formula is C14H16F2N2S. The van der Waals surface area contributed by atoms with Gasteiger partial charge >= 0.3 is 0 Å². The van der Waals surface area contributed by atoms with E-state index in [0.717, 1.165) is 21.1 Å². The quantitative estimate of drug-likeness (QED) is 0.916. The predicted molar refractivity (Wildman–Crippen MR) is 73.9 cm³/mol. The monoisotopic (exact) mass is 282 g/mol. The highest BCUT2D eigenvalue weighted by Gasteiger charge is 2.18. The molecule has 0 radical (unpaired) electrons. The van der Waals surface area contributed by atoms with Gasteiger partial charge in [0, 0.05) is 10.4 Å². The summed E-state index contributed by atoms with van der Waals surface area (Å²) in [6.45, 7) is 3.97. The van der Waals surface area contributed by atoms with E-state index in [9.17, 15) is 8.78 Å². The van der Waals surface area contributed by atoms with Gasteiger partial charge < -0.3 is 5.32 Å². The van der Waals surface area contributed by atoms with Gasteiger partial charge in [-0.1, -0.05) is 18.2 Å². The summed E-state index contributed by atoms with van der Waals surface area (Å²) in [5.74, 6) is 0. The smallest absolute Gasteiger partial charge is 0.263 e. The van der Waals surface area contributed by atoms with Crippen LogP contribution in [0.1, 0.15) is 39.2 Å². The van der Waals surface area contributed by atoms with Gasteiger partial charge in [0.25, 0.3) is 6.43 Å². The molecular weight excluding hydrogens is 266 g/mol. The van der Waals surface area contributed by atoms with Crippen LogP contribution in [-0.4, -0.2) is 12.0 Å². The minimum atomic E-state index is -2.45. The molecule has 0 aliphatic carbocycles. The van der Waals surface area contributed by atoms with Crippen LogP contribution in [0.15, 0.2) is 24.3 Å². The molecule has 0 amide bonds. The van der Waals surface area contributed by atoms with Crippen LogP contribution in [-0.2, 0) is 0 Å². The van der Waals surface area contributed by atoms with E-state index in [1.807, 2.05) is 27.0 Å². The van der Waals surface area contributed by atoms with Crippen LogP contribution in [0.2, 0.25) is 0 Å². The molecule has 2 rings (SSSR count). The van der Waals surface area contributed by atoms with Gasteiger partial charge in [-0.3, -0.25) is 0 Å². The molecule has 0 aliphatic rings.